The smallest absolute Gasteiger partial charge is 0.119 e. The summed E-state index contributed by atoms with van der Waals surface area (Å²) in [7, 11) is 0. The van der Waals surface area contributed by atoms with Crippen molar-refractivity contribution in [2.45, 2.75) is 38.5 Å². The molecule has 1 fully saturated rings. The van der Waals surface area contributed by atoms with Gasteiger partial charge in [-0.1, -0.05) is 19.3 Å². The van der Waals surface area contributed by atoms with E-state index in [1.165, 1.54) is 45.3 Å². The van der Waals surface area contributed by atoms with Gasteiger partial charge in [-0.3, -0.25) is 0 Å². The standard InChI is InChI=1S/C12H23BrN2O/c13-15-10-8-14(9-11-15)7-5-3-1-2-4-6-12-16/h12H,1-11H2. The van der Waals surface area contributed by atoms with Crippen LogP contribution in [0.1, 0.15) is 38.5 Å². The van der Waals surface area contributed by atoms with Crippen LogP contribution >= 0.6 is 16.1 Å². The second kappa shape index (κ2) is 9.14. The Morgan fingerprint density at radius 1 is 0.938 bits per heavy atom. The summed E-state index contributed by atoms with van der Waals surface area (Å²) in [5, 5.41) is 0. The molecule has 1 rings (SSSR count). The van der Waals surface area contributed by atoms with E-state index >= 15 is 0 Å². The first-order valence-electron chi connectivity index (χ1n) is 6.39. The lowest BCUT2D eigenvalue weighted by Gasteiger charge is -2.30. The minimum Gasteiger partial charge on any atom is -0.303 e. The zero-order chi connectivity index (χ0) is 11.6. The average Bonchev–Trinajstić information content (AvgIpc) is 2.30. The Balaban J connectivity index is 1.85. The van der Waals surface area contributed by atoms with Crippen molar-refractivity contribution >= 4 is 22.4 Å². The van der Waals surface area contributed by atoms with E-state index in [4.69, 9.17) is 0 Å². The van der Waals surface area contributed by atoms with Gasteiger partial charge >= 0.3 is 0 Å². The molecule has 0 aromatic rings. The van der Waals surface area contributed by atoms with Gasteiger partial charge in [0.1, 0.15) is 6.29 Å². The summed E-state index contributed by atoms with van der Waals surface area (Å²) in [5.74, 6) is 0. The highest BCUT2D eigenvalue weighted by atomic mass is 79.9. The molecule has 1 heterocycles. The number of unbranched alkanes of at least 4 members (excludes halogenated alkanes) is 5. The Kier molecular flexibility index (Phi) is 8.07. The van der Waals surface area contributed by atoms with E-state index in [0.717, 1.165) is 32.2 Å². The summed E-state index contributed by atoms with van der Waals surface area (Å²) in [6, 6.07) is 0. The Hall–Kier alpha value is 0.0700. The predicted octanol–water partition coefficient (Wildman–Crippen LogP) is 2.45. The molecule has 1 aliphatic rings. The summed E-state index contributed by atoms with van der Waals surface area (Å²) in [6.07, 6.45) is 7.97. The lowest BCUT2D eigenvalue weighted by Crippen LogP contribution is -2.42. The molecule has 0 unspecified atom stereocenters. The molecule has 0 radical (unpaired) electrons. The zero-order valence-electron chi connectivity index (χ0n) is 10.0. The molecular weight excluding hydrogens is 268 g/mol. The molecule has 0 N–H and O–H groups in total. The lowest BCUT2D eigenvalue weighted by atomic mass is 10.1. The molecule has 0 aromatic heterocycles. The number of hydrogen-bond acceptors (Lipinski definition) is 3. The molecule has 0 saturated carbocycles. The van der Waals surface area contributed by atoms with Crippen LogP contribution in [-0.4, -0.2) is 47.8 Å². The Labute approximate surface area is 108 Å². The van der Waals surface area contributed by atoms with Gasteiger partial charge in [0.25, 0.3) is 0 Å². The van der Waals surface area contributed by atoms with Crippen molar-refractivity contribution in [1.82, 2.24) is 8.83 Å². The van der Waals surface area contributed by atoms with E-state index in [9.17, 15) is 4.79 Å². The number of nitrogens with zero attached hydrogens (tertiary/aromatic N) is 2. The van der Waals surface area contributed by atoms with Crippen molar-refractivity contribution in [2.24, 2.45) is 0 Å². The van der Waals surface area contributed by atoms with Crippen molar-refractivity contribution in [1.29, 1.82) is 0 Å². The molecule has 16 heavy (non-hydrogen) atoms. The van der Waals surface area contributed by atoms with E-state index in [1.807, 2.05) is 0 Å². The number of aldehydes is 1. The van der Waals surface area contributed by atoms with Crippen LogP contribution in [0.2, 0.25) is 0 Å². The van der Waals surface area contributed by atoms with Crippen molar-refractivity contribution in [3.63, 3.8) is 0 Å². The molecule has 0 aliphatic carbocycles. The van der Waals surface area contributed by atoms with E-state index in [0.29, 0.717) is 0 Å². The SMILES string of the molecule is O=CCCCCCCCN1CCN(Br)CC1. The van der Waals surface area contributed by atoms with Crippen LogP contribution in [0.4, 0.5) is 0 Å². The Bertz CT molecular complexity index is 182. The number of carbonyl (C=O) groups is 1. The van der Waals surface area contributed by atoms with E-state index in [-0.39, 0.29) is 0 Å². The highest BCUT2D eigenvalue weighted by Gasteiger charge is 2.13. The summed E-state index contributed by atoms with van der Waals surface area (Å²) in [6.45, 7) is 5.90. The predicted molar refractivity (Wildman–Crippen MR) is 70.7 cm³/mol. The van der Waals surface area contributed by atoms with E-state index in [2.05, 4.69) is 25.0 Å². The number of carbonyl (C=O) groups excluding carboxylic acids is 1. The quantitative estimate of drug-likeness (QED) is 0.390. The van der Waals surface area contributed by atoms with Crippen LogP contribution in [-0.2, 0) is 4.79 Å². The van der Waals surface area contributed by atoms with Gasteiger partial charge in [0.2, 0.25) is 0 Å². The Morgan fingerprint density at radius 2 is 1.56 bits per heavy atom. The van der Waals surface area contributed by atoms with Gasteiger partial charge in [-0.05, 0) is 19.4 Å². The second-order valence-corrected chi connectivity index (χ2v) is 5.48. The van der Waals surface area contributed by atoms with E-state index < -0.39 is 0 Å². The zero-order valence-corrected chi connectivity index (χ0v) is 11.6. The first-order valence-corrected chi connectivity index (χ1v) is 7.10. The highest BCUT2D eigenvalue weighted by molar-refractivity contribution is 9.07. The van der Waals surface area contributed by atoms with Gasteiger partial charge in [0, 0.05) is 48.7 Å². The number of rotatable bonds is 8. The minimum atomic E-state index is 0.743. The van der Waals surface area contributed by atoms with Gasteiger partial charge in [0.05, 0.1) is 0 Å². The third-order valence-electron chi connectivity index (χ3n) is 3.11. The van der Waals surface area contributed by atoms with Crippen molar-refractivity contribution in [3.05, 3.63) is 0 Å². The first kappa shape index (κ1) is 14.1. The molecule has 1 saturated heterocycles. The second-order valence-electron chi connectivity index (χ2n) is 4.47. The number of halogens is 1. The van der Waals surface area contributed by atoms with Crippen LogP contribution in [0.3, 0.4) is 0 Å². The fourth-order valence-corrected chi connectivity index (χ4v) is 2.36. The molecule has 0 spiro atoms. The fourth-order valence-electron chi connectivity index (χ4n) is 2.04. The van der Waals surface area contributed by atoms with Crippen LogP contribution < -0.4 is 0 Å². The maximum Gasteiger partial charge on any atom is 0.119 e. The fraction of sp³-hybridized carbons (Fsp3) is 0.917. The van der Waals surface area contributed by atoms with E-state index in [1.54, 1.807) is 0 Å². The van der Waals surface area contributed by atoms with Gasteiger partial charge in [0.15, 0.2) is 0 Å². The highest BCUT2D eigenvalue weighted by Crippen LogP contribution is 2.09. The summed E-state index contributed by atoms with van der Waals surface area (Å²) in [5.41, 5.74) is 0. The molecule has 3 nitrogen and oxygen atoms in total. The summed E-state index contributed by atoms with van der Waals surface area (Å²) >= 11 is 3.51. The summed E-state index contributed by atoms with van der Waals surface area (Å²) in [4.78, 5) is 12.7. The molecule has 0 bridgehead atoms. The molecule has 0 amide bonds. The van der Waals surface area contributed by atoms with Crippen LogP contribution in [0.15, 0.2) is 0 Å². The normalized spacial score (nSPS) is 18.8. The van der Waals surface area contributed by atoms with Crippen LogP contribution in [0.5, 0.6) is 0 Å². The molecule has 1 aliphatic heterocycles. The topological polar surface area (TPSA) is 23.6 Å². The summed E-state index contributed by atoms with van der Waals surface area (Å²) < 4.78 is 2.21. The average molecular weight is 291 g/mol. The van der Waals surface area contributed by atoms with Gasteiger partial charge in [-0.2, -0.15) is 0 Å². The van der Waals surface area contributed by atoms with Crippen LogP contribution in [0.25, 0.3) is 0 Å². The molecule has 0 atom stereocenters. The number of hydrogen-bond donors (Lipinski definition) is 0. The third kappa shape index (κ3) is 6.61. The van der Waals surface area contributed by atoms with Gasteiger partial charge in [-0.25, -0.2) is 3.93 Å². The third-order valence-corrected chi connectivity index (χ3v) is 3.82. The maximum atomic E-state index is 10.1. The minimum absolute atomic E-state index is 0.743. The molecule has 4 heteroatoms. The van der Waals surface area contributed by atoms with Crippen molar-refractivity contribution in [3.8, 4) is 0 Å². The maximum absolute atomic E-state index is 10.1. The first-order chi connectivity index (χ1) is 7.83. The number of piperazine rings is 1. The lowest BCUT2D eigenvalue weighted by molar-refractivity contribution is -0.107. The Morgan fingerprint density at radius 3 is 2.25 bits per heavy atom. The monoisotopic (exact) mass is 290 g/mol. The van der Waals surface area contributed by atoms with Gasteiger partial charge in [-0.15, -0.1) is 0 Å². The van der Waals surface area contributed by atoms with Crippen LogP contribution in [0, 0.1) is 0 Å². The molecular formula is C12H23BrN2O. The largest absolute Gasteiger partial charge is 0.303 e. The van der Waals surface area contributed by atoms with Crippen molar-refractivity contribution < 1.29 is 4.79 Å². The molecule has 0 aromatic carbocycles. The van der Waals surface area contributed by atoms with Gasteiger partial charge < -0.3 is 9.69 Å². The van der Waals surface area contributed by atoms with Crippen molar-refractivity contribution in [2.75, 3.05) is 32.7 Å². The molecule has 94 valence electrons.